The quantitative estimate of drug-likeness (QED) is 0.388. The highest BCUT2D eigenvalue weighted by Gasteiger charge is 2.35. The van der Waals surface area contributed by atoms with Gasteiger partial charge in [-0.3, -0.25) is 4.79 Å². The summed E-state index contributed by atoms with van der Waals surface area (Å²) < 4.78 is 8.14. The highest BCUT2D eigenvalue weighted by atomic mass is 35.5. The van der Waals surface area contributed by atoms with Gasteiger partial charge in [-0.2, -0.15) is 0 Å². The van der Waals surface area contributed by atoms with E-state index in [1.165, 1.54) is 0 Å². The standard InChI is InChI=1S/C26H24ClN3O2/c1-18-15-20(11-12-22(18)27)30-17-19(16-25(30)31)26-28-23-9-5-6-10-24(23)29(26)13-14-32-21-7-3-2-4-8-21/h2-12,15,19H,13-14,16-17H2,1H3. The molecule has 2 heterocycles. The monoisotopic (exact) mass is 445 g/mol. The number of ether oxygens (including phenoxy) is 1. The number of hydrogen-bond donors (Lipinski definition) is 0. The summed E-state index contributed by atoms with van der Waals surface area (Å²) in [7, 11) is 0. The summed E-state index contributed by atoms with van der Waals surface area (Å²) in [6.07, 6.45) is 0.435. The maximum absolute atomic E-state index is 12.9. The molecule has 5 rings (SSSR count). The number of nitrogens with zero attached hydrogens (tertiary/aromatic N) is 3. The molecular weight excluding hydrogens is 422 g/mol. The van der Waals surface area contributed by atoms with Gasteiger partial charge >= 0.3 is 0 Å². The van der Waals surface area contributed by atoms with Gasteiger partial charge in [0.25, 0.3) is 0 Å². The van der Waals surface area contributed by atoms with Gasteiger partial charge in [-0.25, -0.2) is 4.98 Å². The number of hydrogen-bond acceptors (Lipinski definition) is 3. The molecule has 1 saturated heterocycles. The second-order valence-corrected chi connectivity index (χ2v) is 8.52. The van der Waals surface area contributed by atoms with Gasteiger partial charge in [0.1, 0.15) is 18.2 Å². The number of aromatic nitrogens is 2. The van der Waals surface area contributed by atoms with Gasteiger partial charge in [-0.1, -0.05) is 41.9 Å². The second-order valence-electron chi connectivity index (χ2n) is 8.11. The fourth-order valence-corrected chi connectivity index (χ4v) is 4.46. The predicted octanol–water partition coefficient (Wildman–Crippen LogP) is 5.60. The zero-order valence-corrected chi connectivity index (χ0v) is 18.6. The van der Waals surface area contributed by atoms with Crippen LogP contribution in [0, 0.1) is 6.92 Å². The summed E-state index contributed by atoms with van der Waals surface area (Å²) in [5.41, 5.74) is 3.85. The lowest BCUT2D eigenvalue weighted by Crippen LogP contribution is -2.24. The summed E-state index contributed by atoms with van der Waals surface area (Å²) in [4.78, 5) is 19.7. The van der Waals surface area contributed by atoms with Crippen LogP contribution < -0.4 is 9.64 Å². The van der Waals surface area contributed by atoms with E-state index in [2.05, 4.69) is 10.6 Å². The van der Waals surface area contributed by atoms with Crippen molar-refractivity contribution < 1.29 is 9.53 Å². The van der Waals surface area contributed by atoms with Crippen molar-refractivity contribution in [1.29, 1.82) is 0 Å². The summed E-state index contributed by atoms with van der Waals surface area (Å²) in [6.45, 7) is 3.74. The molecule has 0 saturated carbocycles. The van der Waals surface area contributed by atoms with Gasteiger partial charge in [0.2, 0.25) is 5.91 Å². The number of imidazole rings is 1. The van der Waals surface area contributed by atoms with Gasteiger partial charge in [0.05, 0.1) is 17.6 Å². The zero-order valence-electron chi connectivity index (χ0n) is 17.9. The molecular formula is C26H24ClN3O2. The molecule has 4 aromatic rings. The number of para-hydroxylation sites is 3. The molecule has 6 heteroatoms. The number of anilines is 1. The molecule has 32 heavy (non-hydrogen) atoms. The molecule has 0 N–H and O–H groups in total. The third kappa shape index (κ3) is 3.96. The van der Waals surface area contributed by atoms with Crippen molar-refractivity contribution in [3.63, 3.8) is 0 Å². The van der Waals surface area contributed by atoms with Crippen LogP contribution in [0.5, 0.6) is 5.75 Å². The van der Waals surface area contributed by atoms with Gasteiger partial charge in [0.15, 0.2) is 0 Å². The van der Waals surface area contributed by atoms with Crippen molar-refractivity contribution in [2.24, 2.45) is 0 Å². The molecule has 0 bridgehead atoms. The molecule has 0 radical (unpaired) electrons. The lowest BCUT2D eigenvalue weighted by atomic mass is 10.1. The summed E-state index contributed by atoms with van der Waals surface area (Å²) in [6, 6.07) is 23.6. The number of halogens is 1. The lowest BCUT2D eigenvalue weighted by molar-refractivity contribution is -0.117. The van der Waals surface area contributed by atoms with Crippen molar-refractivity contribution in [3.05, 3.63) is 89.2 Å². The van der Waals surface area contributed by atoms with Crippen LogP contribution >= 0.6 is 11.6 Å². The Balaban J connectivity index is 1.41. The fourth-order valence-electron chi connectivity index (χ4n) is 4.34. The molecule has 1 aliphatic heterocycles. The second kappa shape index (κ2) is 8.67. The van der Waals surface area contributed by atoms with Crippen LogP contribution in [0.3, 0.4) is 0 Å². The normalized spacial score (nSPS) is 16.1. The van der Waals surface area contributed by atoms with E-state index < -0.39 is 0 Å². The van der Waals surface area contributed by atoms with Crippen LogP contribution in [-0.2, 0) is 11.3 Å². The Morgan fingerprint density at radius 2 is 1.84 bits per heavy atom. The van der Waals surface area contributed by atoms with E-state index in [-0.39, 0.29) is 11.8 Å². The average Bonchev–Trinajstić information content (AvgIpc) is 3.37. The van der Waals surface area contributed by atoms with E-state index in [0.29, 0.717) is 31.1 Å². The van der Waals surface area contributed by atoms with Crippen molar-refractivity contribution >= 4 is 34.2 Å². The Kier molecular flexibility index (Phi) is 5.58. The number of aryl methyl sites for hydroxylation is 1. The van der Waals surface area contributed by atoms with Crippen LogP contribution in [0.1, 0.15) is 23.7 Å². The Morgan fingerprint density at radius 3 is 2.66 bits per heavy atom. The van der Waals surface area contributed by atoms with Crippen molar-refractivity contribution in [2.75, 3.05) is 18.1 Å². The highest BCUT2D eigenvalue weighted by molar-refractivity contribution is 6.31. The van der Waals surface area contributed by atoms with Crippen molar-refractivity contribution in [2.45, 2.75) is 25.8 Å². The van der Waals surface area contributed by atoms with Crippen LogP contribution in [0.2, 0.25) is 5.02 Å². The first-order chi connectivity index (χ1) is 15.6. The van der Waals surface area contributed by atoms with Crippen LogP contribution in [0.15, 0.2) is 72.8 Å². The maximum atomic E-state index is 12.9. The third-order valence-electron chi connectivity index (χ3n) is 5.95. The van der Waals surface area contributed by atoms with E-state index in [9.17, 15) is 4.79 Å². The Bertz CT molecular complexity index is 1270. The minimum Gasteiger partial charge on any atom is -0.492 e. The van der Waals surface area contributed by atoms with Gasteiger partial charge in [-0.15, -0.1) is 0 Å². The first-order valence-electron chi connectivity index (χ1n) is 10.8. The first kappa shape index (κ1) is 20.6. The minimum absolute atomic E-state index is 0.0163. The van der Waals surface area contributed by atoms with Crippen LogP contribution in [-0.4, -0.2) is 28.6 Å². The number of carbonyl (C=O) groups excluding carboxylic acids is 1. The smallest absolute Gasteiger partial charge is 0.227 e. The minimum atomic E-state index is 0.0163. The molecule has 1 unspecified atom stereocenters. The molecule has 1 aromatic heterocycles. The summed E-state index contributed by atoms with van der Waals surface area (Å²) in [5.74, 6) is 1.90. The number of carbonyl (C=O) groups is 1. The topological polar surface area (TPSA) is 47.4 Å². The van der Waals surface area contributed by atoms with Crippen molar-refractivity contribution in [1.82, 2.24) is 9.55 Å². The average molecular weight is 446 g/mol. The fraction of sp³-hybridized carbons (Fsp3) is 0.231. The van der Waals surface area contributed by atoms with Crippen LogP contribution in [0.25, 0.3) is 11.0 Å². The molecule has 162 valence electrons. The van der Waals surface area contributed by atoms with E-state index in [1.54, 1.807) is 0 Å². The molecule has 1 amide bonds. The van der Waals surface area contributed by atoms with E-state index in [1.807, 2.05) is 78.6 Å². The van der Waals surface area contributed by atoms with Crippen molar-refractivity contribution in [3.8, 4) is 5.75 Å². The SMILES string of the molecule is Cc1cc(N2CC(c3nc4ccccc4n3CCOc3ccccc3)CC2=O)ccc1Cl. The van der Waals surface area contributed by atoms with E-state index >= 15 is 0 Å². The molecule has 1 aliphatic rings. The predicted molar refractivity (Wildman–Crippen MR) is 128 cm³/mol. The number of fused-ring (bicyclic) bond motifs is 1. The molecule has 5 nitrogen and oxygen atoms in total. The summed E-state index contributed by atoms with van der Waals surface area (Å²) >= 11 is 6.18. The molecule has 0 spiro atoms. The largest absolute Gasteiger partial charge is 0.492 e. The van der Waals surface area contributed by atoms with E-state index in [4.69, 9.17) is 21.3 Å². The Morgan fingerprint density at radius 1 is 1.06 bits per heavy atom. The molecule has 1 atom stereocenters. The van der Waals surface area contributed by atoms with Gasteiger partial charge in [-0.05, 0) is 55.0 Å². The van der Waals surface area contributed by atoms with Gasteiger partial charge in [0, 0.05) is 29.6 Å². The third-order valence-corrected chi connectivity index (χ3v) is 6.38. The molecule has 0 aliphatic carbocycles. The Hall–Kier alpha value is -3.31. The molecule has 1 fully saturated rings. The molecule has 3 aromatic carbocycles. The summed E-state index contributed by atoms with van der Waals surface area (Å²) in [5, 5.41) is 0.706. The lowest BCUT2D eigenvalue weighted by Gasteiger charge is -2.18. The van der Waals surface area contributed by atoms with E-state index in [0.717, 1.165) is 33.9 Å². The number of benzene rings is 3. The van der Waals surface area contributed by atoms with Gasteiger partial charge < -0.3 is 14.2 Å². The number of rotatable bonds is 6. The highest BCUT2D eigenvalue weighted by Crippen LogP contribution is 2.34. The Labute approximate surface area is 192 Å². The maximum Gasteiger partial charge on any atom is 0.227 e. The zero-order chi connectivity index (χ0) is 22.1. The number of amides is 1. The first-order valence-corrected chi connectivity index (χ1v) is 11.2. The van der Waals surface area contributed by atoms with Crippen LogP contribution in [0.4, 0.5) is 5.69 Å².